The van der Waals surface area contributed by atoms with E-state index < -0.39 is 0 Å². The summed E-state index contributed by atoms with van der Waals surface area (Å²) in [6.07, 6.45) is 8.27. The van der Waals surface area contributed by atoms with Gasteiger partial charge in [0.1, 0.15) is 0 Å². The van der Waals surface area contributed by atoms with E-state index in [0.717, 1.165) is 12.8 Å². The van der Waals surface area contributed by atoms with Gasteiger partial charge >= 0.3 is 0 Å². The van der Waals surface area contributed by atoms with Gasteiger partial charge in [-0.3, -0.25) is 0 Å². The Balaban J connectivity index is 2.34. The molecule has 1 atom stereocenters. The maximum atomic E-state index is 5.92. The molecule has 0 N–H and O–H groups in total. The lowest BCUT2D eigenvalue weighted by atomic mass is 10.0. The van der Waals surface area contributed by atoms with Crippen LogP contribution in [0.2, 0.25) is 0 Å². The standard InChI is InChI=1S/C20H32O/c1-16(2)19-14-10-13-18(15-19)12-9-7-8-11-17(3)21-20(4,5)6/h9-10,12-17H,7-8,11H2,1-6H3/b12-9+/t17-/m1/s1. The molecule has 21 heavy (non-hydrogen) atoms. The Morgan fingerprint density at radius 3 is 2.48 bits per heavy atom. The third kappa shape index (κ3) is 8.06. The average molecular weight is 288 g/mol. The summed E-state index contributed by atoms with van der Waals surface area (Å²) < 4.78 is 5.92. The molecule has 0 unspecified atom stereocenters. The zero-order chi connectivity index (χ0) is 15.9. The topological polar surface area (TPSA) is 9.23 Å². The lowest BCUT2D eigenvalue weighted by Gasteiger charge is -2.24. The van der Waals surface area contributed by atoms with E-state index in [9.17, 15) is 0 Å². The van der Waals surface area contributed by atoms with E-state index in [0.29, 0.717) is 12.0 Å². The van der Waals surface area contributed by atoms with E-state index in [1.807, 2.05) is 0 Å². The zero-order valence-electron chi connectivity index (χ0n) is 14.6. The predicted molar refractivity (Wildman–Crippen MR) is 93.7 cm³/mol. The number of benzene rings is 1. The van der Waals surface area contributed by atoms with E-state index in [-0.39, 0.29) is 5.60 Å². The van der Waals surface area contributed by atoms with Gasteiger partial charge in [-0.15, -0.1) is 0 Å². The molecule has 0 heterocycles. The van der Waals surface area contributed by atoms with Gasteiger partial charge in [0.2, 0.25) is 0 Å². The minimum atomic E-state index is -0.0352. The molecule has 0 aliphatic rings. The van der Waals surface area contributed by atoms with E-state index in [1.54, 1.807) is 0 Å². The molecule has 1 aromatic carbocycles. The van der Waals surface area contributed by atoms with Crippen LogP contribution in [0.25, 0.3) is 6.08 Å². The average Bonchev–Trinajstić information content (AvgIpc) is 2.36. The minimum absolute atomic E-state index is 0.0352. The van der Waals surface area contributed by atoms with Crippen LogP contribution < -0.4 is 0 Å². The second kappa shape index (κ2) is 8.38. The number of unbranched alkanes of at least 4 members (excludes halogenated alkanes) is 1. The molecule has 0 radical (unpaired) electrons. The van der Waals surface area contributed by atoms with Crippen LogP contribution in [0.5, 0.6) is 0 Å². The molecule has 0 aromatic heterocycles. The van der Waals surface area contributed by atoms with Crippen LogP contribution in [0.3, 0.4) is 0 Å². The summed E-state index contributed by atoms with van der Waals surface area (Å²) >= 11 is 0. The molecule has 1 aromatic rings. The van der Waals surface area contributed by atoms with Crippen molar-refractivity contribution in [2.75, 3.05) is 0 Å². The highest BCUT2D eigenvalue weighted by Crippen LogP contribution is 2.17. The highest BCUT2D eigenvalue weighted by Gasteiger charge is 2.14. The van der Waals surface area contributed by atoms with Crippen LogP contribution in [0, 0.1) is 0 Å². The molecular formula is C20H32O. The van der Waals surface area contributed by atoms with E-state index in [4.69, 9.17) is 4.74 Å². The third-order valence-corrected chi connectivity index (χ3v) is 3.42. The first-order valence-corrected chi connectivity index (χ1v) is 8.22. The number of hydrogen-bond donors (Lipinski definition) is 0. The van der Waals surface area contributed by atoms with Gasteiger partial charge < -0.3 is 4.74 Å². The summed E-state index contributed by atoms with van der Waals surface area (Å²) in [6.45, 7) is 13.0. The van der Waals surface area contributed by atoms with Crippen molar-refractivity contribution in [2.45, 2.75) is 78.4 Å². The normalized spacial score (nSPS) is 14.0. The maximum absolute atomic E-state index is 5.92. The van der Waals surface area contributed by atoms with Crippen LogP contribution >= 0.6 is 0 Å². The first-order valence-electron chi connectivity index (χ1n) is 8.22. The van der Waals surface area contributed by atoms with Crippen LogP contribution in [-0.2, 0) is 4.74 Å². The fourth-order valence-corrected chi connectivity index (χ4v) is 2.43. The Morgan fingerprint density at radius 2 is 1.86 bits per heavy atom. The SMILES string of the molecule is CC(C)c1cccc(/C=C/CCC[C@@H](C)OC(C)(C)C)c1. The summed E-state index contributed by atoms with van der Waals surface area (Å²) in [5.74, 6) is 0.591. The number of hydrogen-bond acceptors (Lipinski definition) is 1. The van der Waals surface area contributed by atoms with Gasteiger partial charge in [-0.1, -0.05) is 50.3 Å². The van der Waals surface area contributed by atoms with Gasteiger partial charge in [0.05, 0.1) is 11.7 Å². The molecule has 0 aliphatic heterocycles. The fourth-order valence-electron chi connectivity index (χ4n) is 2.43. The molecule has 0 amide bonds. The van der Waals surface area contributed by atoms with Crippen molar-refractivity contribution in [1.29, 1.82) is 0 Å². The quantitative estimate of drug-likeness (QED) is 0.543. The molecule has 1 nitrogen and oxygen atoms in total. The van der Waals surface area contributed by atoms with Crippen LogP contribution in [0.1, 0.15) is 77.8 Å². The smallest absolute Gasteiger partial charge is 0.0602 e. The molecule has 0 aliphatic carbocycles. The Kier molecular flexibility index (Phi) is 7.17. The van der Waals surface area contributed by atoms with Crippen molar-refractivity contribution >= 4 is 6.08 Å². The summed E-state index contributed by atoms with van der Waals surface area (Å²) in [5.41, 5.74) is 2.68. The largest absolute Gasteiger partial charge is 0.373 e. The van der Waals surface area contributed by atoms with Crippen LogP contribution in [-0.4, -0.2) is 11.7 Å². The molecule has 1 rings (SSSR count). The predicted octanol–water partition coefficient (Wildman–Crippen LogP) is 6.20. The molecule has 0 saturated carbocycles. The van der Waals surface area contributed by atoms with Gasteiger partial charge in [-0.05, 0) is 64.0 Å². The molecule has 0 spiro atoms. The van der Waals surface area contributed by atoms with Gasteiger partial charge in [-0.25, -0.2) is 0 Å². The maximum Gasteiger partial charge on any atom is 0.0602 e. The van der Waals surface area contributed by atoms with Crippen molar-refractivity contribution < 1.29 is 4.74 Å². The number of rotatable bonds is 7. The summed E-state index contributed by atoms with van der Waals surface area (Å²) in [6, 6.07) is 8.81. The van der Waals surface area contributed by atoms with Crippen molar-refractivity contribution in [3.63, 3.8) is 0 Å². The second-order valence-electron chi connectivity index (χ2n) is 7.20. The summed E-state index contributed by atoms with van der Waals surface area (Å²) in [5, 5.41) is 0. The van der Waals surface area contributed by atoms with E-state index >= 15 is 0 Å². The lowest BCUT2D eigenvalue weighted by Crippen LogP contribution is -2.25. The summed E-state index contributed by atoms with van der Waals surface area (Å²) in [7, 11) is 0. The third-order valence-electron chi connectivity index (χ3n) is 3.42. The van der Waals surface area contributed by atoms with Gasteiger partial charge in [-0.2, -0.15) is 0 Å². The second-order valence-corrected chi connectivity index (χ2v) is 7.20. The van der Waals surface area contributed by atoms with Crippen molar-refractivity contribution in [1.82, 2.24) is 0 Å². The van der Waals surface area contributed by atoms with Crippen LogP contribution in [0.4, 0.5) is 0 Å². The highest BCUT2D eigenvalue weighted by molar-refractivity contribution is 5.50. The van der Waals surface area contributed by atoms with Gasteiger partial charge in [0.15, 0.2) is 0 Å². The van der Waals surface area contributed by atoms with Crippen molar-refractivity contribution in [3.05, 3.63) is 41.5 Å². The van der Waals surface area contributed by atoms with Gasteiger partial charge in [0.25, 0.3) is 0 Å². The Bertz CT molecular complexity index is 437. The Labute approximate surface area is 131 Å². The van der Waals surface area contributed by atoms with E-state index in [2.05, 4.69) is 78.0 Å². The lowest BCUT2D eigenvalue weighted by molar-refractivity contribution is -0.0546. The first kappa shape index (κ1) is 18.0. The Hall–Kier alpha value is -1.08. The molecule has 118 valence electrons. The highest BCUT2D eigenvalue weighted by atomic mass is 16.5. The molecule has 0 bridgehead atoms. The molecule has 0 saturated heterocycles. The van der Waals surface area contributed by atoms with Crippen molar-refractivity contribution in [2.24, 2.45) is 0 Å². The monoisotopic (exact) mass is 288 g/mol. The number of ether oxygens (including phenoxy) is 1. The van der Waals surface area contributed by atoms with Gasteiger partial charge in [0, 0.05) is 0 Å². The molecule has 0 fully saturated rings. The Morgan fingerprint density at radius 1 is 1.14 bits per heavy atom. The zero-order valence-corrected chi connectivity index (χ0v) is 14.6. The first-order chi connectivity index (χ1) is 9.78. The minimum Gasteiger partial charge on any atom is -0.373 e. The van der Waals surface area contributed by atoms with E-state index in [1.165, 1.54) is 17.5 Å². The molecule has 1 heteroatoms. The summed E-state index contributed by atoms with van der Waals surface area (Å²) in [4.78, 5) is 0. The number of allylic oxidation sites excluding steroid dienone is 1. The fraction of sp³-hybridized carbons (Fsp3) is 0.600. The van der Waals surface area contributed by atoms with Crippen LogP contribution in [0.15, 0.2) is 30.3 Å². The van der Waals surface area contributed by atoms with Crippen molar-refractivity contribution in [3.8, 4) is 0 Å². The molecular weight excluding hydrogens is 256 g/mol.